The number of carboxylic acids is 1. The summed E-state index contributed by atoms with van der Waals surface area (Å²) >= 11 is 13.6. The van der Waals surface area contributed by atoms with Gasteiger partial charge in [-0.1, -0.05) is 41.4 Å². The van der Waals surface area contributed by atoms with Crippen molar-refractivity contribution >= 4 is 70.3 Å². The van der Waals surface area contributed by atoms with E-state index in [1.807, 2.05) is 0 Å². The number of carboxylic acid groups (broad SMARTS) is 1. The molecule has 1 saturated heterocycles. The fraction of sp³-hybridized carbons (Fsp3) is 0.346. The normalized spacial score (nSPS) is 15.4. The highest BCUT2D eigenvalue weighted by molar-refractivity contribution is 7.99. The van der Waals surface area contributed by atoms with Gasteiger partial charge in [0, 0.05) is 30.7 Å². The molecule has 39 heavy (non-hydrogen) atoms. The van der Waals surface area contributed by atoms with Crippen molar-refractivity contribution in [1.29, 1.82) is 0 Å². The van der Waals surface area contributed by atoms with Crippen LogP contribution in [0.15, 0.2) is 42.5 Å². The van der Waals surface area contributed by atoms with Crippen LogP contribution in [0.3, 0.4) is 0 Å². The van der Waals surface area contributed by atoms with Crippen LogP contribution in [0.5, 0.6) is 0 Å². The molecule has 2 aromatic rings. The first-order valence-corrected chi connectivity index (χ1v) is 13.8. The Morgan fingerprint density at radius 3 is 2.36 bits per heavy atom. The van der Waals surface area contributed by atoms with Gasteiger partial charge in [0.05, 0.1) is 28.6 Å². The summed E-state index contributed by atoms with van der Waals surface area (Å²) in [6, 6.07) is 9.62. The number of benzene rings is 2. The van der Waals surface area contributed by atoms with Gasteiger partial charge in [0.15, 0.2) is 0 Å². The lowest BCUT2D eigenvalue weighted by atomic mass is 10.0. The number of ether oxygens (including phenoxy) is 1. The van der Waals surface area contributed by atoms with E-state index in [1.54, 1.807) is 42.5 Å². The number of carbonyl (C=O) groups is 5. The molecule has 0 radical (unpaired) electrons. The molecule has 0 unspecified atom stereocenters. The van der Waals surface area contributed by atoms with Gasteiger partial charge in [-0.3, -0.25) is 19.2 Å². The summed E-state index contributed by atoms with van der Waals surface area (Å²) < 4.78 is 4.87. The van der Waals surface area contributed by atoms with Crippen LogP contribution in [0.25, 0.3) is 0 Å². The quantitative estimate of drug-likeness (QED) is 0.334. The summed E-state index contributed by atoms with van der Waals surface area (Å²) in [7, 11) is 1.21. The Labute approximate surface area is 239 Å². The Morgan fingerprint density at radius 1 is 1.08 bits per heavy atom. The first-order chi connectivity index (χ1) is 18.6. The highest BCUT2D eigenvalue weighted by Gasteiger charge is 2.36. The zero-order chi connectivity index (χ0) is 28.5. The van der Waals surface area contributed by atoms with Crippen molar-refractivity contribution in [3.8, 4) is 0 Å². The predicted octanol–water partition coefficient (Wildman–Crippen LogP) is 3.60. The molecule has 2 aromatic carbocycles. The smallest absolute Gasteiger partial charge is 0.328 e. The average molecular weight is 596 g/mol. The molecule has 3 rings (SSSR count). The third kappa shape index (κ3) is 8.35. The number of methoxy groups -OCH3 is 1. The zero-order valence-electron chi connectivity index (χ0n) is 20.9. The molecule has 0 saturated carbocycles. The van der Waals surface area contributed by atoms with Crippen LogP contribution < -0.4 is 10.6 Å². The maximum Gasteiger partial charge on any atom is 0.328 e. The van der Waals surface area contributed by atoms with Gasteiger partial charge in [-0.2, -0.15) is 0 Å². The monoisotopic (exact) mass is 595 g/mol. The number of rotatable bonds is 11. The molecule has 1 heterocycles. The van der Waals surface area contributed by atoms with Crippen molar-refractivity contribution in [2.24, 2.45) is 0 Å². The van der Waals surface area contributed by atoms with Crippen LogP contribution in [-0.2, 0) is 30.3 Å². The molecule has 3 amide bonds. The van der Waals surface area contributed by atoms with Gasteiger partial charge in [0.2, 0.25) is 11.8 Å². The molecule has 1 aliphatic rings. The molecule has 0 spiro atoms. The summed E-state index contributed by atoms with van der Waals surface area (Å²) in [6.45, 7) is 0. The van der Waals surface area contributed by atoms with Crippen LogP contribution in [0.1, 0.15) is 35.2 Å². The predicted molar refractivity (Wildman–Crippen MR) is 148 cm³/mol. The lowest BCUT2D eigenvalue weighted by molar-refractivity contribution is -0.146. The van der Waals surface area contributed by atoms with Crippen molar-refractivity contribution in [3.63, 3.8) is 0 Å². The average Bonchev–Trinajstić information content (AvgIpc) is 3.39. The van der Waals surface area contributed by atoms with Crippen LogP contribution in [0.2, 0.25) is 10.0 Å². The highest BCUT2D eigenvalue weighted by Crippen LogP contribution is 2.26. The minimum Gasteiger partial charge on any atom is -0.481 e. The van der Waals surface area contributed by atoms with Crippen molar-refractivity contribution in [3.05, 3.63) is 63.6 Å². The maximum absolute atomic E-state index is 13.0. The Bertz CT molecular complexity index is 1220. The van der Waals surface area contributed by atoms with E-state index in [2.05, 4.69) is 10.6 Å². The molecule has 10 nitrogen and oxygen atoms in total. The van der Waals surface area contributed by atoms with Gasteiger partial charge in [0.1, 0.15) is 12.1 Å². The number of amides is 3. The van der Waals surface area contributed by atoms with Crippen LogP contribution >= 0.6 is 35.0 Å². The first-order valence-electron chi connectivity index (χ1n) is 11.9. The lowest BCUT2D eigenvalue weighted by Crippen LogP contribution is -2.52. The molecule has 1 fully saturated rings. The van der Waals surface area contributed by atoms with E-state index in [0.29, 0.717) is 22.9 Å². The largest absolute Gasteiger partial charge is 0.481 e. The van der Waals surface area contributed by atoms with Gasteiger partial charge in [-0.15, -0.1) is 11.8 Å². The third-order valence-corrected chi connectivity index (χ3v) is 7.57. The van der Waals surface area contributed by atoms with Crippen molar-refractivity contribution < 1.29 is 33.8 Å². The highest BCUT2D eigenvalue weighted by atomic mass is 35.5. The minimum atomic E-state index is -1.01. The van der Waals surface area contributed by atoms with Gasteiger partial charge in [0.25, 0.3) is 5.91 Å². The molecule has 208 valence electrons. The minimum absolute atomic E-state index is 0.0165. The lowest BCUT2D eigenvalue weighted by Gasteiger charge is -2.25. The first kappa shape index (κ1) is 30.3. The van der Waals surface area contributed by atoms with Crippen molar-refractivity contribution in [2.75, 3.05) is 24.1 Å². The number of hydrogen-bond donors (Lipinski definition) is 3. The Hall–Kier alpha value is -3.28. The second-order valence-electron chi connectivity index (χ2n) is 8.66. The molecule has 0 aromatic heterocycles. The second-order valence-corrected chi connectivity index (χ2v) is 10.5. The zero-order valence-corrected chi connectivity index (χ0v) is 23.3. The Morgan fingerprint density at radius 2 is 1.74 bits per heavy atom. The summed E-state index contributed by atoms with van der Waals surface area (Å²) in [5, 5.41) is 14.6. The number of hydrogen-bond acceptors (Lipinski definition) is 7. The van der Waals surface area contributed by atoms with E-state index in [4.69, 9.17) is 33.0 Å². The van der Waals surface area contributed by atoms with Gasteiger partial charge < -0.3 is 25.4 Å². The summed E-state index contributed by atoms with van der Waals surface area (Å²) in [6.07, 6.45) is 0.165. The number of aliphatic carboxylic acids is 1. The van der Waals surface area contributed by atoms with E-state index in [9.17, 15) is 24.0 Å². The summed E-state index contributed by atoms with van der Waals surface area (Å²) in [5.74, 6) is -2.27. The van der Waals surface area contributed by atoms with E-state index in [0.717, 1.165) is 0 Å². The Balaban J connectivity index is 1.63. The third-order valence-electron chi connectivity index (χ3n) is 5.93. The number of halogens is 2. The molecule has 2 atom stereocenters. The van der Waals surface area contributed by atoms with Crippen LogP contribution in [-0.4, -0.2) is 70.5 Å². The SMILES string of the molecule is COC(=O)[C@H](Cc1ccc(NC(=O)c2c(Cl)cccc2Cl)cc1)NC(=O)[C@H]1CSCN1C(=O)CCCC(=O)O. The molecule has 0 bridgehead atoms. The van der Waals surface area contributed by atoms with E-state index < -0.39 is 35.8 Å². The number of anilines is 1. The fourth-order valence-electron chi connectivity index (χ4n) is 3.91. The number of esters is 1. The molecule has 13 heteroatoms. The van der Waals surface area contributed by atoms with Crippen LogP contribution in [0, 0.1) is 0 Å². The number of carbonyl (C=O) groups excluding carboxylic acids is 4. The molecular formula is C26H27Cl2N3O7S. The fourth-order valence-corrected chi connectivity index (χ4v) is 5.66. The number of nitrogens with zero attached hydrogens (tertiary/aromatic N) is 1. The topological polar surface area (TPSA) is 142 Å². The molecule has 0 aliphatic carbocycles. The number of thioether (sulfide) groups is 1. The van der Waals surface area contributed by atoms with E-state index in [-0.39, 0.29) is 47.2 Å². The van der Waals surface area contributed by atoms with Gasteiger partial charge in [-0.05, 0) is 36.2 Å². The maximum atomic E-state index is 13.0. The standard InChI is InChI=1S/C26H27Cl2N3O7S/c1-38-26(37)19(30-24(35)20-13-39-14-31(20)21(32)6-3-7-22(33)34)12-15-8-10-16(11-9-15)29-25(36)23-17(27)4-2-5-18(23)28/h2,4-5,8-11,19-20H,3,6-7,12-14H2,1H3,(H,29,36)(H,30,35)(H,33,34)/t19-,20+/m0/s1. The molecule has 1 aliphatic heterocycles. The summed E-state index contributed by atoms with van der Waals surface area (Å²) in [4.78, 5) is 62.8. The Kier molecular flexibility index (Phi) is 11.0. The number of nitrogens with one attached hydrogen (secondary N) is 2. The van der Waals surface area contributed by atoms with E-state index >= 15 is 0 Å². The summed E-state index contributed by atoms with van der Waals surface area (Å²) in [5.41, 5.74) is 1.30. The van der Waals surface area contributed by atoms with Gasteiger partial charge >= 0.3 is 11.9 Å². The molecule has 3 N–H and O–H groups in total. The van der Waals surface area contributed by atoms with Crippen LogP contribution in [0.4, 0.5) is 5.69 Å². The van der Waals surface area contributed by atoms with Crippen molar-refractivity contribution in [1.82, 2.24) is 10.2 Å². The second kappa shape index (κ2) is 14.2. The van der Waals surface area contributed by atoms with Gasteiger partial charge in [-0.25, -0.2) is 4.79 Å². The molecular weight excluding hydrogens is 569 g/mol. The van der Waals surface area contributed by atoms with Crippen molar-refractivity contribution in [2.45, 2.75) is 37.8 Å². The van der Waals surface area contributed by atoms with E-state index in [1.165, 1.54) is 23.8 Å².